The molecule has 0 atom stereocenters. The fraction of sp³-hybridized carbons (Fsp3) is 0.208. The number of nitrogens with zero attached hydrogens (tertiary/aromatic N) is 3. The number of ether oxygens (including phenoxy) is 3. The van der Waals surface area contributed by atoms with Crippen molar-refractivity contribution in [3.63, 3.8) is 0 Å². The summed E-state index contributed by atoms with van der Waals surface area (Å²) in [6, 6.07) is 18.4. The fourth-order valence-electron chi connectivity index (χ4n) is 3.13. The van der Waals surface area contributed by atoms with E-state index >= 15 is 0 Å². The van der Waals surface area contributed by atoms with Crippen LogP contribution in [-0.2, 0) is 17.9 Å². The lowest BCUT2D eigenvalue weighted by atomic mass is 10.2. The smallest absolute Gasteiger partial charge is 0.234 e. The van der Waals surface area contributed by atoms with E-state index in [2.05, 4.69) is 15.5 Å². The minimum atomic E-state index is -0.205. The minimum Gasteiger partial charge on any atom is -0.497 e. The first kappa shape index (κ1) is 23.2. The van der Waals surface area contributed by atoms with Gasteiger partial charge >= 0.3 is 0 Å². The van der Waals surface area contributed by atoms with Gasteiger partial charge in [0.2, 0.25) is 5.91 Å². The highest BCUT2D eigenvalue weighted by Gasteiger charge is 2.17. The molecule has 0 spiro atoms. The molecule has 0 unspecified atom stereocenters. The molecule has 1 amide bonds. The maximum atomic E-state index is 12.6. The summed E-state index contributed by atoms with van der Waals surface area (Å²) in [5, 5.41) is 12.0. The van der Waals surface area contributed by atoms with Gasteiger partial charge in [-0.05, 0) is 36.4 Å². The monoisotopic (exact) mass is 480 g/mol. The maximum Gasteiger partial charge on any atom is 0.234 e. The van der Waals surface area contributed by atoms with Gasteiger partial charge < -0.3 is 23.9 Å². The van der Waals surface area contributed by atoms with Gasteiger partial charge in [0.1, 0.15) is 29.6 Å². The van der Waals surface area contributed by atoms with Gasteiger partial charge in [0.25, 0.3) is 0 Å². The Morgan fingerprint density at radius 2 is 1.88 bits per heavy atom. The number of para-hydroxylation sites is 1. The first-order valence-corrected chi connectivity index (χ1v) is 11.4. The van der Waals surface area contributed by atoms with Crippen molar-refractivity contribution in [2.75, 3.05) is 25.3 Å². The zero-order valence-corrected chi connectivity index (χ0v) is 19.6. The largest absolute Gasteiger partial charge is 0.497 e. The van der Waals surface area contributed by atoms with Crippen LogP contribution in [0.4, 0.5) is 5.69 Å². The molecule has 2 aromatic heterocycles. The first-order valence-electron chi connectivity index (χ1n) is 10.4. The summed E-state index contributed by atoms with van der Waals surface area (Å²) in [5.41, 5.74) is 0.558. The third kappa shape index (κ3) is 5.90. The molecule has 2 heterocycles. The van der Waals surface area contributed by atoms with Crippen molar-refractivity contribution in [3.8, 4) is 17.2 Å². The molecule has 0 bridgehead atoms. The maximum absolute atomic E-state index is 12.6. The van der Waals surface area contributed by atoms with Gasteiger partial charge in [-0.15, -0.1) is 10.2 Å². The Morgan fingerprint density at radius 1 is 1.03 bits per heavy atom. The van der Waals surface area contributed by atoms with Crippen LogP contribution in [0.1, 0.15) is 11.6 Å². The Morgan fingerprint density at radius 3 is 2.62 bits per heavy atom. The molecule has 1 N–H and O–H groups in total. The van der Waals surface area contributed by atoms with Crippen LogP contribution in [0.5, 0.6) is 17.2 Å². The summed E-state index contributed by atoms with van der Waals surface area (Å²) >= 11 is 1.27. The normalized spacial score (nSPS) is 10.6. The van der Waals surface area contributed by atoms with Gasteiger partial charge in [-0.25, -0.2) is 0 Å². The zero-order valence-electron chi connectivity index (χ0n) is 18.8. The van der Waals surface area contributed by atoms with Crippen LogP contribution >= 0.6 is 11.8 Å². The number of furan rings is 1. The third-order valence-electron chi connectivity index (χ3n) is 4.81. The number of hydrogen-bond donors (Lipinski definition) is 1. The van der Waals surface area contributed by atoms with Gasteiger partial charge in [-0.1, -0.05) is 30.0 Å². The number of rotatable bonds is 11. The molecule has 34 heavy (non-hydrogen) atoms. The lowest BCUT2D eigenvalue weighted by Crippen LogP contribution is -2.16. The molecule has 4 aromatic rings. The topological polar surface area (TPSA) is 101 Å². The van der Waals surface area contributed by atoms with E-state index in [0.29, 0.717) is 34.7 Å². The standard InChI is InChI=1S/C24H24N4O5S/c1-30-18-10-11-20(21(13-18)31-2)25-23(29)16-34-24-27-26-22(15-33-17-7-4-3-5-8-17)28(24)14-19-9-6-12-32-19/h3-13H,14-16H2,1-2H3,(H,25,29). The van der Waals surface area contributed by atoms with E-state index in [-0.39, 0.29) is 18.3 Å². The molecular weight excluding hydrogens is 456 g/mol. The molecule has 0 fully saturated rings. The van der Waals surface area contributed by atoms with Crippen LogP contribution < -0.4 is 19.5 Å². The summed E-state index contributed by atoms with van der Waals surface area (Å²) in [6.45, 7) is 0.650. The summed E-state index contributed by atoms with van der Waals surface area (Å²) in [6.07, 6.45) is 1.61. The molecule has 4 rings (SSSR count). The number of carbonyl (C=O) groups is 1. The van der Waals surface area contributed by atoms with Crippen molar-refractivity contribution < 1.29 is 23.4 Å². The number of benzene rings is 2. The van der Waals surface area contributed by atoms with Gasteiger partial charge in [0.05, 0.1) is 38.5 Å². The highest BCUT2D eigenvalue weighted by molar-refractivity contribution is 7.99. The number of amides is 1. The molecule has 176 valence electrons. The zero-order chi connectivity index (χ0) is 23.8. The predicted molar refractivity (Wildman–Crippen MR) is 128 cm³/mol. The van der Waals surface area contributed by atoms with Crippen LogP contribution in [0.3, 0.4) is 0 Å². The lowest BCUT2D eigenvalue weighted by molar-refractivity contribution is -0.113. The van der Waals surface area contributed by atoms with Gasteiger partial charge in [0.15, 0.2) is 11.0 Å². The fourth-order valence-corrected chi connectivity index (χ4v) is 3.89. The highest BCUT2D eigenvalue weighted by Crippen LogP contribution is 2.29. The van der Waals surface area contributed by atoms with Gasteiger partial charge in [-0.2, -0.15) is 0 Å². The molecule has 0 saturated heterocycles. The minimum absolute atomic E-state index is 0.130. The summed E-state index contributed by atoms with van der Waals surface area (Å²) in [5.74, 6) is 3.18. The summed E-state index contributed by atoms with van der Waals surface area (Å²) < 4.78 is 23.8. The highest BCUT2D eigenvalue weighted by atomic mass is 32.2. The van der Waals surface area contributed by atoms with Crippen LogP contribution in [0, 0.1) is 0 Å². The number of methoxy groups -OCH3 is 2. The molecule has 2 aromatic carbocycles. The molecule has 9 nitrogen and oxygen atoms in total. The van der Waals surface area contributed by atoms with Crippen LogP contribution in [0.2, 0.25) is 0 Å². The Kier molecular flexibility index (Phi) is 7.71. The third-order valence-corrected chi connectivity index (χ3v) is 5.78. The number of carbonyl (C=O) groups excluding carboxylic acids is 1. The summed E-state index contributed by atoms with van der Waals surface area (Å²) in [7, 11) is 3.11. The predicted octanol–water partition coefficient (Wildman–Crippen LogP) is 4.25. The van der Waals surface area contributed by atoms with Crippen molar-refractivity contribution in [1.29, 1.82) is 0 Å². The van der Waals surface area contributed by atoms with E-state index in [1.165, 1.54) is 18.9 Å². The van der Waals surface area contributed by atoms with Crippen LogP contribution in [-0.4, -0.2) is 40.6 Å². The van der Waals surface area contributed by atoms with E-state index in [4.69, 9.17) is 18.6 Å². The SMILES string of the molecule is COc1ccc(NC(=O)CSc2nnc(COc3ccccc3)n2Cc2ccco2)c(OC)c1. The van der Waals surface area contributed by atoms with Crippen LogP contribution in [0.25, 0.3) is 0 Å². The number of nitrogens with one attached hydrogen (secondary N) is 1. The van der Waals surface area contributed by atoms with E-state index in [1.54, 1.807) is 31.6 Å². The Labute approximate surface area is 201 Å². The van der Waals surface area contributed by atoms with Crippen molar-refractivity contribution in [3.05, 3.63) is 78.5 Å². The molecule has 0 saturated carbocycles. The molecule has 10 heteroatoms. The van der Waals surface area contributed by atoms with Crippen LogP contribution in [0.15, 0.2) is 76.5 Å². The Hall–Kier alpha value is -3.92. The first-order chi connectivity index (χ1) is 16.7. The van der Waals surface area contributed by atoms with E-state index in [0.717, 1.165) is 11.5 Å². The second-order valence-corrected chi connectivity index (χ2v) is 8.01. The lowest BCUT2D eigenvalue weighted by Gasteiger charge is -2.12. The summed E-state index contributed by atoms with van der Waals surface area (Å²) in [4.78, 5) is 12.6. The average molecular weight is 481 g/mol. The van der Waals surface area contributed by atoms with Gasteiger partial charge in [-0.3, -0.25) is 9.36 Å². The Balaban J connectivity index is 1.44. The number of thioether (sulfide) groups is 1. The second-order valence-electron chi connectivity index (χ2n) is 7.07. The molecule has 0 aliphatic heterocycles. The van der Waals surface area contributed by atoms with Crippen molar-refractivity contribution in [2.24, 2.45) is 0 Å². The second kappa shape index (κ2) is 11.3. The average Bonchev–Trinajstić information content (AvgIpc) is 3.52. The van der Waals surface area contributed by atoms with E-state index in [9.17, 15) is 4.79 Å². The van der Waals surface area contributed by atoms with Crippen molar-refractivity contribution >= 4 is 23.4 Å². The van der Waals surface area contributed by atoms with E-state index in [1.807, 2.05) is 47.0 Å². The van der Waals surface area contributed by atoms with E-state index < -0.39 is 0 Å². The van der Waals surface area contributed by atoms with Crippen molar-refractivity contribution in [1.82, 2.24) is 14.8 Å². The molecule has 0 radical (unpaired) electrons. The number of aromatic nitrogens is 3. The Bertz CT molecular complexity index is 1210. The van der Waals surface area contributed by atoms with Crippen molar-refractivity contribution in [2.45, 2.75) is 18.3 Å². The molecule has 0 aliphatic carbocycles. The molecular formula is C24H24N4O5S. The number of anilines is 1. The van der Waals surface area contributed by atoms with Gasteiger partial charge in [0, 0.05) is 6.07 Å². The molecule has 0 aliphatic rings. The quantitative estimate of drug-likeness (QED) is 0.318. The number of hydrogen-bond acceptors (Lipinski definition) is 8.